The van der Waals surface area contributed by atoms with Gasteiger partial charge in [-0.2, -0.15) is 0 Å². The Balaban J connectivity index is 1.80. The van der Waals surface area contributed by atoms with Gasteiger partial charge in [0.1, 0.15) is 5.82 Å². The van der Waals surface area contributed by atoms with E-state index < -0.39 is 0 Å². The van der Waals surface area contributed by atoms with Gasteiger partial charge >= 0.3 is 0 Å². The van der Waals surface area contributed by atoms with Gasteiger partial charge in [-0.15, -0.1) is 0 Å². The normalized spacial score (nSPS) is 15.1. The van der Waals surface area contributed by atoms with Crippen molar-refractivity contribution in [3.8, 4) is 0 Å². The number of aromatic nitrogens is 1. The molecule has 0 amide bonds. The second-order valence-corrected chi connectivity index (χ2v) is 5.87. The zero-order valence-corrected chi connectivity index (χ0v) is 11.8. The van der Waals surface area contributed by atoms with Crippen molar-refractivity contribution in [3.05, 3.63) is 23.9 Å². The van der Waals surface area contributed by atoms with Crippen LogP contribution in [0.4, 0.5) is 5.82 Å². The molecule has 3 nitrogen and oxygen atoms in total. The summed E-state index contributed by atoms with van der Waals surface area (Å²) in [5, 5.41) is 3.44. The first-order valence-corrected chi connectivity index (χ1v) is 7.02. The molecule has 1 saturated carbocycles. The summed E-state index contributed by atoms with van der Waals surface area (Å²) in [5.41, 5.74) is 1.26. The van der Waals surface area contributed by atoms with Crippen LogP contribution in [0.5, 0.6) is 0 Å². The molecule has 0 spiro atoms. The molecule has 0 atom stereocenters. The Morgan fingerprint density at radius 3 is 2.72 bits per heavy atom. The average Bonchev–Trinajstić information content (AvgIpc) is 3.13. The summed E-state index contributed by atoms with van der Waals surface area (Å²) < 4.78 is 0. The van der Waals surface area contributed by atoms with Crippen molar-refractivity contribution in [1.82, 2.24) is 10.3 Å². The highest BCUT2D eigenvalue weighted by atomic mass is 15.2. The molecule has 1 fully saturated rings. The van der Waals surface area contributed by atoms with Gasteiger partial charge in [0, 0.05) is 26.3 Å². The van der Waals surface area contributed by atoms with Gasteiger partial charge in [-0.25, -0.2) is 4.98 Å². The molecule has 1 aromatic rings. The van der Waals surface area contributed by atoms with Gasteiger partial charge in [-0.3, -0.25) is 0 Å². The second kappa shape index (κ2) is 6.19. The van der Waals surface area contributed by atoms with E-state index in [1.165, 1.54) is 18.4 Å². The van der Waals surface area contributed by atoms with Gasteiger partial charge in [-0.1, -0.05) is 19.9 Å². The molecule has 1 aromatic heterocycles. The van der Waals surface area contributed by atoms with E-state index in [0.29, 0.717) is 5.92 Å². The third kappa shape index (κ3) is 4.30. The molecule has 0 bridgehead atoms. The molecule has 0 unspecified atom stereocenters. The molecular formula is C15H25N3. The van der Waals surface area contributed by atoms with Gasteiger partial charge in [0.2, 0.25) is 0 Å². The van der Waals surface area contributed by atoms with Crippen molar-refractivity contribution in [2.75, 3.05) is 25.0 Å². The molecule has 1 N–H and O–H groups in total. The molecule has 100 valence electrons. The Kier molecular flexibility index (Phi) is 4.59. The lowest BCUT2D eigenvalue weighted by molar-refractivity contribution is 0.552. The molecule has 0 aliphatic heterocycles. The molecule has 1 aliphatic rings. The van der Waals surface area contributed by atoms with Crippen molar-refractivity contribution < 1.29 is 0 Å². The molecule has 1 aliphatic carbocycles. The lowest BCUT2D eigenvalue weighted by atomic mass is 10.2. The maximum absolute atomic E-state index is 4.54. The van der Waals surface area contributed by atoms with Crippen molar-refractivity contribution in [2.24, 2.45) is 11.8 Å². The lowest BCUT2D eigenvalue weighted by Gasteiger charge is -2.18. The summed E-state index contributed by atoms with van der Waals surface area (Å²) >= 11 is 0. The predicted octanol–water partition coefficient (Wildman–Crippen LogP) is 2.67. The van der Waals surface area contributed by atoms with Crippen LogP contribution in [0.25, 0.3) is 0 Å². The van der Waals surface area contributed by atoms with Crippen LogP contribution in [0.15, 0.2) is 18.3 Å². The number of rotatable bonds is 7. The minimum absolute atomic E-state index is 0.696. The van der Waals surface area contributed by atoms with Crippen molar-refractivity contribution in [3.63, 3.8) is 0 Å². The monoisotopic (exact) mass is 247 g/mol. The van der Waals surface area contributed by atoms with E-state index in [1.54, 1.807) is 0 Å². The fourth-order valence-corrected chi connectivity index (χ4v) is 2.03. The van der Waals surface area contributed by atoms with Crippen molar-refractivity contribution in [2.45, 2.75) is 33.2 Å². The Morgan fingerprint density at radius 1 is 1.39 bits per heavy atom. The fourth-order valence-electron chi connectivity index (χ4n) is 2.03. The highest BCUT2D eigenvalue weighted by Gasteiger charge is 2.23. The summed E-state index contributed by atoms with van der Waals surface area (Å²) in [6, 6.07) is 4.31. The lowest BCUT2D eigenvalue weighted by Crippen LogP contribution is -2.21. The van der Waals surface area contributed by atoms with E-state index in [0.717, 1.165) is 31.4 Å². The van der Waals surface area contributed by atoms with Gasteiger partial charge in [0.15, 0.2) is 0 Å². The van der Waals surface area contributed by atoms with Gasteiger partial charge in [0.25, 0.3) is 0 Å². The van der Waals surface area contributed by atoms with E-state index in [4.69, 9.17) is 0 Å². The molecule has 18 heavy (non-hydrogen) atoms. The third-order valence-corrected chi connectivity index (χ3v) is 3.31. The standard InChI is InChI=1S/C15H25N3/c1-12(2)8-16-9-14-6-7-15(17-10-14)18(3)11-13-4-5-13/h6-7,10,12-13,16H,4-5,8-9,11H2,1-3H3. The maximum atomic E-state index is 4.54. The number of nitrogens with one attached hydrogen (secondary N) is 1. The molecule has 1 heterocycles. The van der Waals surface area contributed by atoms with Gasteiger partial charge in [-0.05, 0) is 42.9 Å². The Labute approximate surface area is 111 Å². The van der Waals surface area contributed by atoms with E-state index in [1.807, 2.05) is 6.20 Å². The minimum atomic E-state index is 0.696. The topological polar surface area (TPSA) is 28.2 Å². The van der Waals surface area contributed by atoms with Crippen molar-refractivity contribution in [1.29, 1.82) is 0 Å². The van der Waals surface area contributed by atoms with Crippen LogP contribution in [-0.2, 0) is 6.54 Å². The number of nitrogens with zero attached hydrogens (tertiary/aromatic N) is 2. The molecular weight excluding hydrogens is 222 g/mol. The highest BCUT2D eigenvalue weighted by Crippen LogP contribution is 2.30. The number of hydrogen-bond donors (Lipinski definition) is 1. The minimum Gasteiger partial charge on any atom is -0.359 e. The van der Waals surface area contributed by atoms with Crippen LogP contribution in [0.1, 0.15) is 32.3 Å². The van der Waals surface area contributed by atoms with Crippen LogP contribution in [0.2, 0.25) is 0 Å². The molecule has 2 rings (SSSR count). The molecule has 0 saturated heterocycles. The molecule has 0 aromatic carbocycles. The fraction of sp³-hybridized carbons (Fsp3) is 0.667. The van der Waals surface area contributed by atoms with Crippen LogP contribution in [0, 0.1) is 11.8 Å². The van der Waals surface area contributed by atoms with Crippen LogP contribution in [0.3, 0.4) is 0 Å². The van der Waals surface area contributed by atoms with E-state index >= 15 is 0 Å². The summed E-state index contributed by atoms with van der Waals surface area (Å²) in [5.74, 6) is 2.70. The Morgan fingerprint density at radius 2 is 2.17 bits per heavy atom. The second-order valence-electron chi connectivity index (χ2n) is 5.87. The molecule has 3 heteroatoms. The first kappa shape index (κ1) is 13.3. The average molecular weight is 247 g/mol. The maximum Gasteiger partial charge on any atom is 0.128 e. The number of anilines is 1. The van der Waals surface area contributed by atoms with Gasteiger partial charge < -0.3 is 10.2 Å². The highest BCUT2D eigenvalue weighted by molar-refractivity contribution is 5.38. The smallest absolute Gasteiger partial charge is 0.128 e. The number of pyridine rings is 1. The zero-order valence-electron chi connectivity index (χ0n) is 11.8. The summed E-state index contributed by atoms with van der Waals surface area (Å²) in [4.78, 5) is 6.81. The Bertz CT molecular complexity index is 355. The Hall–Kier alpha value is -1.09. The van der Waals surface area contributed by atoms with Crippen LogP contribution >= 0.6 is 0 Å². The largest absolute Gasteiger partial charge is 0.359 e. The van der Waals surface area contributed by atoms with Crippen molar-refractivity contribution >= 4 is 5.82 Å². The summed E-state index contributed by atoms with van der Waals surface area (Å²) in [6.07, 6.45) is 4.77. The SMILES string of the molecule is CC(C)CNCc1ccc(N(C)CC2CC2)nc1. The zero-order chi connectivity index (χ0) is 13.0. The van der Waals surface area contributed by atoms with Gasteiger partial charge in [0.05, 0.1) is 0 Å². The first-order chi connectivity index (χ1) is 8.65. The predicted molar refractivity (Wildman–Crippen MR) is 76.8 cm³/mol. The quantitative estimate of drug-likeness (QED) is 0.803. The first-order valence-electron chi connectivity index (χ1n) is 7.02. The third-order valence-electron chi connectivity index (χ3n) is 3.31. The van der Waals surface area contributed by atoms with E-state index in [-0.39, 0.29) is 0 Å². The van der Waals surface area contributed by atoms with Crippen LogP contribution in [-0.4, -0.2) is 25.1 Å². The summed E-state index contributed by atoms with van der Waals surface area (Å²) in [6.45, 7) is 7.57. The van der Waals surface area contributed by atoms with E-state index in [2.05, 4.69) is 48.2 Å². The summed E-state index contributed by atoms with van der Waals surface area (Å²) in [7, 11) is 2.14. The number of hydrogen-bond acceptors (Lipinski definition) is 3. The van der Waals surface area contributed by atoms with E-state index in [9.17, 15) is 0 Å². The molecule has 0 radical (unpaired) electrons. The van der Waals surface area contributed by atoms with Crippen LogP contribution < -0.4 is 10.2 Å².